The van der Waals surface area contributed by atoms with Gasteiger partial charge in [-0.3, -0.25) is 9.59 Å². The number of nitrogens with zero attached hydrogens (tertiary/aromatic N) is 2. The zero-order valence-corrected chi connectivity index (χ0v) is 13.2. The minimum atomic E-state index is -0.0615. The molecule has 0 fully saturated rings. The van der Waals surface area contributed by atoms with Crippen LogP contribution in [0.2, 0.25) is 0 Å². The summed E-state index contributed by atoms with van der Waals surface area (Å²) in [6, 6.07) is 7.13. The number of hydrogen-bond donors (Lipinski definition) is 0. The zero-order valence-electron chi connectivity index (χ0n) is 13.2. The summed E-state index contributed by atoms with van der Waals surface area (Å²) in [7, 11) is 3.42. The van der Waals surface area contributed by atoms with Gasteiger partial charge in [-0.1, -0.05) is 0 Å². The average molecular weight is 276 g/mol. The standard InChI is InChI=1S/C16H24N2O2/c1-11(2)18(12(3)4)16(20)14-9-7-13(8-10-14)15(19)17(5)6/h7-12H,1-6H3. The van der Waals surface area contributed by atoms with E-state index in [0.717, 1.165) is 0 Å². The summed E-state index contributed by atoms with van der Waals surface area (Å²) in [6.45, 7) is 8.01. The topological polar surface area (TPSA) is 40.6 Å². The Balaban J connectivity index is 2.98. The summed E-state index contributed by atoms with van der Waals surface area (Å²) in [5.41, 5.74) is 1.20. The van der Waals surface area contributed by atoms with Crippen molar-refractivity contribution in [1.29, 1.82) is 0 Å². The van der Waals surface area contributed by atoms with Crippen molar-refractivity contribution in [2.24, 2.45) is 0 Å². The molecule has 0 aliphatic carbocycles. The maximum atomic E-state index is 12.5. The zero-order chi connectivity index (χ0) is 15.4. The van der Waals surface area contributed by atoms with E-state index >= 15 is 0 Å². The normalized spacial score (nSPS) is 10.8. The van der Waals surface area contributed by atoms with Crippen molar-refractivity contribution < 1.29 is 9.59 Å². The van der Waals surface area contributed by atoms with E-state index < -0.39 is 0 Å². The Kier molecular flexibility index (Phi) is 5.31. The molecule has 0 heterocycles. The fourth-order valence-electron chi connectivity index (χ4n) is 2.23. The van der Waals surface area contributed by atoms with Gasteiger partial charge in [-0.05, 0) is 52.0 Å². The van der Waals surface area contributed by atoms with E-state index in [1.54, 1.807) is 38.4 Å². The third-order valence-electron chi connectivity index (χ3n) is 3.13. The summed E-state index contributed by atoms with van der Waals surface area (Å²) in [5.74, 6) is -0.0626. The van der Waals surface area contributed by atoms with E-state index in [4.69, 9.17) is 0 Å². The van der Waals surface area contributed by atoms with Gasteiger partial charge < -0.3 is 9.80 Å². The summed E-state index contributed by atoms with van der Waals surface area (Å²) in [5, 5.41) is 0. The van der Waals surface area contributed by atoms with Crippen LogP contribution in [0.5, 0.6) is 0 Å². The minimum absolute atomic E-state index is 0.00106. The SMILES string of the molecule is CC(C)N(C(=O)c1ccc(C(=O)N(C)C)cc1)C(C)C. The van der Waals surface area contributed by atoms with Crippen LogP contribution in [0.4, 0.5) is 0 Å². The van der Waals surface area contributed by atoms with Crippen molar-refractivity contribution in [3.05, 3.63) is 35.4 Å². The Hall–Kier alpha value is -1.84. The van der Waals surface area contributed by atoms with Crippen molar-refractivity contribution in [2.75, 3.05) is 14.1 Å². The first kappa shape index (κ1) is 16.2. The van der Waals surface area contributed by atoms with Gasteiger partial charge in [-0.2, -0.15) is 0 Å². The largest absolute Gasteiger partial charge is 0.345 e. The first-order valence-corrected chi connectivity index (χ1v) is 6.90. The van der Waals surface area contributed by atoms with Crippen LogP contribution in [-0.2, 0) is 0 Å². The summed E-state index contributed by atoms with van der Waals surface area (Å²) in [4.78, 5) is 27.6. The second kappa shape index (κ2) is 6.55. The van der Waals surface area contributed by atoms with Crippen molar-refractivity contribution in [1.82, 2.24) is 9.80 Å². The van der Waals surface area contributed by atoms with E-state index in [1.165, 1.54) is 4.90 Å². The number of hydrogen-bond acceptors (Lipinski definition) is 2. The Labute approximate surface area is 121 Å². The van der Waals surface area contributed by atoms with Gasteiger partial charge in [0.2, 0.25) is 0 Å². The quantitative estimate of drug-likeness (QED) is 0.848. The van der Waals surface area contributed by atoms with Gasteiger partial charge >= 0.3 is 0 Å². The summed E-state index contributed by atoms with van der Waals surface area (Å²) >= 11 is 0. The van der Waals surface area contributed by atoms with E-state index in [9.17, 15) is 9.59 Å². The Bertz CT molecular complexity index is 468. The van der Waals surface area contributed by atoms with E-state index in [-0.39, 0.29) is 23.9 Å². The molecule has 110 valence electrons. The molecule has 0 atom stereocenters. The average Bonchev–Trinajstić information content (AvgIpc) is 2.37. The molecule has 1 aromatic carbocycles. The molecule has 0 aliphatic heterocycles. The maximum absolute atomic E-state index is 12.5. The molecule has 20 heavy (non-hydrogen) atoms. The monoisotopic (exact) mass is 276 g/mol. The van der Waals surface area contributed by atoms with Crippen molar-refractivity contribution in [2.45, 2.75) is 39.8 Å². The summed E-state index contributed by atoms with van der Waals surface area (Å²) < 4.78 is 0. The lowest BCUT2D eigenvalue weighted by Crippen LogP contribution is -2.42. The lowest BCUT2D eigenvalue weighted by molar-refractivity contribution is 0.0643. The smallest absolute Gasteiger partial charge is 0.254 e. The first-order valence-electron chi connectivity index (χ1n) is 6.90. The van der Waals surface area contributed by atoms with Crippen molar-refractivity contribution in [3.63, 3.8) is 0 Å². The molecular formula is C16H24N2O2. The highest BCUT2D eigenvalue weighted by Crippen LogP contribution is 2.14. The molecular weight excluding hydrogens is 252 g/mol. The van der Waals surface area contributed by atoms with E-state index in [1.807, 2.05) is 32.6 Å². The van der Waals surface area contributed by atoms with Gasteiger partial charge in [0.15, 0.2) is 0 Å². The number of rotatable bonds is 4. The lowest BCUT2D eigenvalue weighted by Gasteiger charge is -2.30. The lowest BCUT2D eigenvalue weighted by atomic mass is 10.1. The van der Waals surface area contributed by atoms with Crippen LogP contribution in [0.15, 0.2) is 24.3 Å². The Morgan fingerprint density at radius 1 is 0.800 bits per heavy atom. The molecule has 4 nitrogen and oxygen atoms in total. The fourth-order valence-corrected chi connectivity index (χ4v) is 2.23. The first-order chi connectivity index (χ1) is 9.25. The van der Waals surface area contributed by atoms with Gasteiger partial charge in [-0.25, -0.2) is 0 Å². The van der Waals surface area contributed by atoms with Gasteiger partial charge in [0.1, 0.15) is 0 Å². The molecule has 0 spiro atoms. The molecule has 1 aromatic rings. The number of benzene rings is 1. The Morgan fingerprint density at radius 2 is 1.15 bits per heavy atom. The second-order valence-corrected chi connectivity index (χ2v) is 5.68. The van der Waals surface area contributed by atoms with Gasteiger partial charge in [0, 0.05) is 37.3 Å². The molecule has 0 aromatic heterocycles. The van der Waals surface area contributed by atoms with Crippen LogP contribution in [0.25, 0.3) is 0 Å². The molecule has 0 aliphatic rings. The minimum Gasteiger partial charge on any atom is -0.345 e. The fraction of sp³-hybridized carbons (Fsp3) is 0.500. The van der Waals surface area contributed by atoms with Crippen LogP contribution in [0.3, 0.4) is 0 Å². The maximum Gasteiger partial charge on any atom is 0.254 e. The highest BCUT2D eigenvalue weighted by molar-refractivity contribution is 5.97. The summed E-state index contributed by atoms with van der Waals surface area (Å²) in [6.07, 6.45) is 0. The molecule has 4 heteroatoms. The van der Waals surface area contributed by atoms with Crippen LogP contribution in [0, 0.1) is 0 Å². The predicted octanol–water partition coefficient (Wildman–Crippen LogP) is 2.65. The van der Waals surface area contributed by atoms with Crippen LogP contribution in [-0.4, -0.2) is 47.8 Å². The molecule has 0 bridgehead atoms. The van der Waals surface area contributed by atoms with Crippen LogP contribution < -0.4 is 0 Å². The van der Waals surface area contributed by atoms with Crippen molar-refractivity contribution >= 4 is 11.8 Å². The van der Waals surface area contributed by atoms with Gasteiger partial charge in [-0.15, -0.1) is 0 Å². The Morgan fingerprint density at radius 3 is 1.45 bits per heavy atom. The number of carbonyl (C=O) groups excluding carboxylic acids is 2. The molecule has 0 radical (unpaired) electrons. The number of amides is 2. The highest BCUT2D eigenvalue weighted by Gasteiger charge is 2.21. The van der Waals surface area contributed by atoms with Crippen LogP contribution in [0.1, 0.15) is 48.4 Å². The second-order valence-electron chi connectivity index (χ2n) is 5.68. The molecule has 0 unspecified atom stereocenters. The van der Waals surface area contributed by atoms with Crippen LogP contribution >= 0.6 is 0 Å². The predicted molar refractivity (Wildman–Crippen MR) is 80.9 cm³/mol. The molecule has 0 N–H and O–H groups in total. The van der Waals surface area contributed by atoms with Crippen molar-refractivity contribution in [3.8, 4) is 0 Å². The van der Waals surface area contributed by atoms with E-state index in [2.05, 4.69) is 0 Å². The highest BCUT2D eigenvalue weighted by atomic mass is 16.2. The molecule has 2 amide bonds. The van der Waals surface area contributed by atoms with Gasteiger partial charge in [0.05, 0.1) is 0 Å². The molecule has 1 rings (SSSR count). The number of carbonyl (C=O) groups is 2. The third-order valence-corrected chi connectivity index (χ3v) is 3.13. The molecule has 0 saturated carbocycles. The third kappa shape index (κ3) is 3.59. The molecule has 0 saturated heterocycles. The van der Waals surface area contributed by atoms with Gasteiger partial charge in [0.25, 0.3) is 11.8 Å². The van der Waals surface area contributed by atoms with E-state index in [0.29, 0.717) is 11.1 Å².